The van der Waals surface area contributed by atoms with E-state index >= 15 is 0 Å². The minimum atomic E-state index is -3.37. The van der Waals surface area contributed by atoms with Crippen molar-refractivity contribution in [2.75, 3.05) is 17.0 Å². The van der Waals surface area contributed by atoms with Gasteiger partial charge in [0.25, 0.3) is 5.91 Å². The van der Waals surface area contributed by atoms with E-state index in [2.05, 4.69) is 10.0 Å². The molecular weight excluding hydrogens is 350 g/mol. The van der Waals surface area contributed by atoms with E-state index in [-0.39, 0.29) is 24.1 Å². The number of nitrogens with one attached hydrogen (secondary N) is 2. The molecule has 0 atom stereocenters. The minimum Gasteiger partial charge on any atom is -0.350 e. The summed E-state index contributed by atoms with van der Waals surface area (Å²) >= 11 is 0. The maximum Gasteiger partial charge on any atom is 0.251 e. The lowest BCUT2D eigenvalue weighted by atomic mass is 9.94. The highest BCUT2D eigenvalue weighted by molar-refractivity contribution is 7.92. The molecule has 1 amide bonds. The Bertz CT molecular complexity index is 631. The molecule has 0 bridgehead atoms. The van der Waals surface area contributed by atoms with Crippen LogP contribution in [-0.2, 0) is 10.0 Å². The van der Waals surface area contributed by atoms with Gasteiger partial charge in [-0.1, -0.05) is 26.8 Å². The maximum absolute atomic E-state index is 12.2. The van der Waals surface area contributed by atoms with Crippen LogP contribution in [0.1, 0.15) is 50.4 Å². The number of rotatable bonds is 9. The Morgan fingerprint density at radius 1 is 1.21 bits per heavy atom. The van der Waals surface area contributed by atoms with E-state index in [1.807, 2.05) is 13.8 Å². The molecule has 0 aromatic heterocycles. The van der Waals surface area contributed by atoms with Gasteiger partial charge in [-0.2, -0.15) is 0 Å². The molecule has 0 unspecified atom stereocenters. The Kier molecular flexibility index (Phi) is 9.32. The Balaban J connectivity index is 0.00000529. The van der Waals surface area contributed by atoms with Crippen LogP contribution < -0.4 is 15.8 Å². The molecule has 0 spiro atoms. The number of halogens is 1. The zero-order valence-corrected chi connectivity index (χ0v) is 16.1. The summed E-state index contributed by atoms with van der Waals surface area (Å²) in [5.41, 5.74) is 6.53. The standard InChI is InChI=1S/C16H27N3O3S.ClH/c1-4-10-23(21,22)19-14-9-7-8-13(11-14)15(20)18-12-16(17,5-2)6-3;/h7-9,11,19H,4-6,10,12,17H2,1-3H3,(H,18,20);1H. The molecule has 4 N–H and O–H groups in total. The molecule has 24 heavy (non-hydrogen) atoms. The fourth-order valence-corrected chi connectivity index (χ4v) is 3.21. The normalized spacial score (nSPS) is 11.5. The molecule has 0 aliphatic carbocycles. The van der Waals surface area contributed by atoms with Gasteiger partial charge in [0.15, 0.2) is 0 Å². The van der Waals surface area contributed by atoms with Crippen LogP contribution in [0.2, 0.25) is 0 Å². The Morgan fingerprint density at radius 3 is 2.38 bits per heavy atom. The summed E-state index contributed by atoms with van der Waals surface area (Å²) in [6.07, 6.45) is 2.06. The number of carbonyl (C=O) groups excluding carboxylic acids is 1. The topological polar surface area (TPSA) is 101 Å². The highest BCUT2D eigenvalue weighted by atomic mass is 35.5. The smallest absolute Gasteiger partial charge is 0.251 e. The van der Waals surface area contributed by atoms with Crippen LogP contribution in [0.5, 0.6) is 0 Å². The highest BCUT2D eigenvalue weighted by Crippen LogP contribution is 2.14. The van der Waals surface area contributed by atoms with E-state index in [0.717, 1.165) is 12.8 Å². The average Bonchev–Trinajstić information content (AvgIpc) is 2.52. The third-order valence-corrected chi connectivity index (χ3v) is 5.37. The van der Waals surface area contributed by atoms with Crippen LogP contribution in [0.4, 0.5) is 5.69 Å². The van der Waals surface area contributed by atoms with Crippen molar-refractivity contribution in [1.29, 1.82) is 0 Å². The van der Waals surface area contributed by atoms with Gasteiger partial charge in [0.05, 0.1) is 5.75 Å². The molecule has 0 saturated carbocycles. The molecule has 0 aliphatic rings. The molecule has 8 heteroatoms. The van der Waals surface area contributed by atoms with Gasteiger partial charge < -0.3 is 11.1 Å². The minimum absolute atomic E-state index is 0. The van der Waals surface area contributed by atoms with Gasteiger partial charge >= 0.3 is 0 Å². The van der Waals surface area contributed by atoms with Crippen LogP contribution in [-0.4, -0.2) is 32.2 Å². The fourth-order valence-electron chi connectivity index (χ4n) is 2.08. The van der Waals surface area contributed by atoms with Crippen LogP contribution in [0.25, 0.3) is 0 Å². The summed E-state index contributed by atoms with van der Waals surface area (Å²) < 4.78 is 26.1. The molecule has 6 nitrogen and oxygen atoms in total. The van der Waals surface area contributed by atoms with E-state index < -0.39 is 15.6 Å². The number of hydrogen-bond acceptors (Lipinski definition) is 4. The molecule has 0 heterocycles. The lowest BCUT2D eigenvalue weighted by molar-refractivity contribution is 0.0942. The largest absolute Gasteiger partial charge is 0.350 e. The zero-order valence-electron chi connectivity index (χ0n) is 14.5. The van der Waals surface area contributed by atoms with Gasteiger partial charge in [0.2, 0.25) is 10.0 Å². The molecule has 0 radical (unpaired) electrons. The first-order chi connectivity index (χ1) is 10.7. The predicted octanol–water partition coefficient (Wildman–Crippen LogP) is 2.51. The number of carbonyl (C=O) groups is 1. The van der Waals surface area contributed by atoms with Gasteiger partial charge in [0, 0.05) is 23.3 Å². The molecule has 1 aromatic rings. The number of amides is 1. The monoisotopic (exact) mass is 377 g/mol. The summed E-state index contributed by atoms with van der Waals surface area (Å²) in [6.45, 7) is 6.14. The second-order valence-electron chi connectivity index (χ2n) is 5.75. The first-order valence-electron chi connectivity index (χ1n) is 7.93. The van der Waals surface area contributed by atoms with E-state index in [4.69, 9.17) is 5.73 Å². The number of benzene rings is 1. The summed E-state index contributed by atoms with van der Waals surface area (Å²) in [4.78, 5) is 12.2. The maximum atomic E-state index is 12.2. The number of hydrogen-bond donors (Lipinski definition) is 3. The SMILES string of the molecule is CCCS(=O)(=O)Nc1cccc(C(=O)NCC(N)(CC)CC)c1.Cl. The second-order valence-corrected chi connectivity index (χ2v) is 7.60. The van der Waals surface area contributed by atoms with Crippen LogP contribution in [0.15, 0.2) is 24.3 Å². The Labute approximate surface area is 151 Å². The molecule has 1 rings (SSSR count). The molecule has 0 saturated heterocycles. The van der Waals surface area contributed by atoms with E-state index in [0.29, 0.717) is 24.2 Å². The molecule has 0 fully saturated rings. The Morgan fingerprint density at radius 2 is 1.83 bits per heavy atom. The lowest BCUT2D eigenvalue weighted by Gasteiger charge is -2.26. The number of nitrogens with two attached hydrogens (primary N) is 1. The van der Waals surface area contributed by atoms with Crippen molar-refractivity contribution in [1.82, 2.24) is 5.32 Å². The van der Waals surface area contributed by atoms with Crippen LogP contribution >= 0.6 is 12.4 Å². The first-order valence-corrected chi connectivity index (χ1v) is 9.58. The van der Waals surface area contributed by atoms with E-state index in [1.165, 1.54) is 6.07 Å². The van der Waals surface area contributed by atoms with Crippen molar-refractivity contribution >= 4 is 34.0 Å². The highest BCUT2D eigenvalue weighted by Gasteiger charge is 2.21. The predicted molar refractivity (Wildman–Crippen MR) is 101 cm³/mol. The van der Waals surface area contributed by atoms with E-state index in [9.17, 15) is 13.2 Å². The summed E-state index contributed by atoms with van der Waals surface area (Å²) in [6, 6.07) is 6.44. The van der Waals surface area contributed by atoms with Gasteiger partial charge in [-0.15, -0.1) is 12.4 Å². The van der Waals surface area contributed by atoms with Crippen LogP contribution in [0.3, 0.4) is 0 Å². The average molecular weight is 378 g/mol. The molecule has 0 aliphatic heterocycles. The van der Waals surface area contributed by atoms with Crippen molar-refractivity contribution in [3.8, 4) is 0 Å². The molecular formula is C16H28ClN3O3S. The van der Waals surface area contributed by atoms with Crippen molar-refractivity contribution < 1.29 is 13.2 Å². The third kappa shape index (κ3) is 7.07. The van der Waals surface area contributed by atoms with Crippen molar-refractivity contribution in [3.63, 3.8) is 0 Å². The van der Waals surface area contributed by atoms with Crippen molar-refractivity contribution in [2.45, 2.75) is 45.6 Å². The van der Waals surface area contributed by atoms with Crippen LogP contribution in [0, 0.1) is 0 Å². The quantitative estimate of drug-likeness (QED) is 0.615. The zero-order chi connectivity index (χ0) is 17.5. The summed E-state index contributed by atoms with van der Waals surface area (Å²) in [7, 11) is -3.37. The van der Waals surface area contributed by atoms with E-state index in [1.54, 1.807) is 25.1 Å². The Hall–Kier alpha value is -1.31. The summed E-state index contributed by atoms with van der Waals surface area (Å²) in [5, 5.41) is 2.82. The molecule has 1 aromatic carbocycles. The third-order valence-electron chi connectivity index (χ3n) is 3.88. The van der Waals surface area contributed by atoms with Gasteiger partial charge in [0.1, 0.15) is 0 Å². The molecule has 138 valence electrons. The number of sulfonamides is 1. The fraction of sp³-hybridized carbons (Fsp3) is 0.562. The summed E-state index contributed by atoms with van der Waals surface area (Å²) in [5.74, 6) is -0.218. The van der Waals surface area contributed by atoms with Gasteiger partial charge in [-0.05, 0) is 37.5 Å². The number of anilines is 1. The second kappa shape index (κ2) is 9.86. The van der Waals surface area contributed by atoms with Crippen molar-refractivity contribution in [2.24, 2.45) is 5.73 Å². The van der Waals surface area contributed by atoms with Gasteiger partial charge in [-0.25, -0.2) is 8.42 Å². The lowest BCUT2D eigenvalue weighted by Crippen LogP contribution is -2.49. The van der Waals surface area contributed by atoms with Gasteiger partial charge in [-0.3, -0.25) is 9.52 Å². The van der Waals surface area contributed by atoms with Crippen molar-refractivity contribution in [3.05, 3.63) is 29.8 Å². The first kappa shape index (κ1) is 22.7.